The summed E-state index contributed by atoms with van der Waals surface area (Å²) in [7, 11) is -3.99. The number of hydrogen-bond donors (Lipinski definition) is 2. The molecule has 0 bridgehead atoms. The minimum atomic E-state index is -3.99. The van der Waals surface area contributed by atoms with Gasteiger partial charge in [0.05, 0.1) is 9.95 Å². The fourth-order valence-electron chi connectivity index (χ4n) is 2.19. The Morgan fingerprint density at radius 2 is 2.14 bits per heavy atom. The summed E-state index contributed by atoms with van der Waals surface area (Å²) in [5.74, 6) is 0.176. The average molecular weight is 334 g/mol. The Balaban J connectivity index is 2.39. The zero-order valence-electron chi connectivity index (χ0n) is 11.4. The number of benzene rings is 1. The first-order valence-corrected chi connectivity index (χ1v) is 8.24. The highest BCUT2D eigenvalue weighted by Crippen LogP contribution is 2.40. The minimum absolute atomic E-state index is 0.0664. The number of nitro benzene ring substituents is 1. The van der Waals surface area contributed by atoms with Crippen LogP contribution < -0.4 is 10.5 Å². The fraction of sp³-hybridized carbons (Fsp3) is 0.500. The predicted octanol–water partition coefficient (Wildman–Crippen LogP) is 1.65. The third-order valence-corrected chi connectivity index (χ3v) is 5.78. The Labute approximate surface area is 127 Å². The second-order valence-corrected chi connectivity index (χ2v) is 7.43. The molecule has 1 aliphatic carbocycles. The maximum atomic E-state index is 12.5. The van der Waals surface area contributed by atoms with Gasteiger partial charge in [0.15, 0.2) is 0 Å². The lowest BCUT2D eigenvalue weighted by Crippen LogP contribution is -2.53. The largest absolute Gasteiger partial charge is 0.329 e. The zero-order valence-corrected chi connectivity index (χ0v) is 12.9. The average Bonchev–Trinajstić information content (AvgIpc) is 3.22. The van der Waals surface area contributed by atoms with Crippen molar-refractivity contribution in [2.45, 2.75) is 30.2 Å². The summed E-state index contributed by atoms with van der Waals surface area (Å²) in [4.78, 5) is 9.80. The van der Waals surface area contributed by atoms with Crippen molar-refractivity contribution in [3.63, 3.8) is 0 Å². The molecule has 0 saturated heterocycles. The number of halogens is 1. The molecule has 0 spiro atoms. The number of non-ortho nitro benzene ring substituents is 1. The molecule has 9 heteroatoms. The third-order valence-electron chi connectivity index (χ3n) is 3.69. The molecule has 1 aromatic rings. The first kappa shape index (κ1) is 16.2. The van der Waals surface area contributed by atoms with Gasteiger partial charge in [-0.2, -0.15) is 0 Å². The number of nitrogens with zero attached hydrogens (tertiary/aromatic N) is 1. The summed E-state index contributed by atoms with van der Waals surface area (Å²) in [5.41, 5.74) is 4.58. The van der Waals surface area contributed by atoms with Gasteiger partial charge >= 0.3 is 0 Å². The first-order chi connectivity index (χ1) is 9.69. The van der Waals surface area contributed by atoms with Crippen molar-refractivity contribution in [3.05, 3.63) is 33.3 Å². The van der Waals surface area contributed by atoms with E-state index in [1.807, 2.05) is 0 Å². The molecule has 1 aromatic carbocycles. The summed E-state index contributed by atoms with van der Waals surface area (Å²) in [6.07, 6.45) is 1.80. The van der Waals surface area contributed by atoms with Gasteiger partial charge in [-0.3, -0.25) is 10.1 Å². The van der Waals surface area contributed by atoms with Crippen LogP contribution >= 0.6 is 11.6 Å². The van der Waals surface area contributed by atoms with Crippen molar-refractivity contribution < 1.29 is 13.3 Å². The van der Waals surface area contributed by atoms with E-state index in [0.29, 0.717) is 0 Å². The molecule has 0 radical (unpaired) electrons. The second kappa shape index (κ2) is 5.53. The Kier molecular flexibility index (Phi) is 4.25. The summed E-state index contributed by atoms with van der Waals surface area (Å²) in [6.45, 7) is 1.87. The molecular formula is C12H16ClN3O4S. The summed E-state index contributed by atoms with van der Waals surface area (Å²) in [5, 5.41) is 10.7. The highest BCUT2D eigenvalue weighted by atomic mass is 35.5. The molecule has 0 aliphatic heterocycles. The van der Waals surface area contributed by atoms with E-state index < -0.39 is 20.5 Å². The predicted molar refractivity (Wildman–Crippen MR) is 78.6 cm³/mol. The van der Waals surface area contributed by atoms with Crippen LogP contribution in [0.2, 0.25) is 5.02 Å². The van der Waals surface area contributed by atoms with E-state index in [4.69, 9.17) is 17.3 Å². The maximum absolute atomic E-state index is 12.5. The second-order valence-electron chi connectivity index (χ2n) is 5.37. The molecule has 1 fully saturated rings. The third kappa shape index (κ3) is 3.34. The molecule has 0 heterocycles. The molecule has 0 amide bonds. The molecule has 0 aromatic heterocycles. The first-order valence-electron chi connectivity index (χ1n) is 6.37. The Bertz CT molecular complexity index is 675. The van der Waals surface area contributed by atoms with Crippen molar-refractivity contribution in [2.24, 2.45) is 11.7 Å². The van der Waals surface area contributed by atoms with Crippen LogP contribution in [-0.2, 0) is 10.0 Å². The summed E-state index contributed by atoms with van der Waals surface area (Å²) >= 11 is 5.88. The van der Waals surface area contributed by atoms with Crippen LogP contribution in [-0.4, -0.2) is 25.4 Å². The van der Waals surface area contributed by atoms with Gasteiger partial charge in [0.25, 0.3) is 5.69 Å². The van der Waals surface area contributed by atoms with Crippen LogP contribution in [0.15, 0.2) is 23.1 Å². The number of nitrogens with two attached hydrogens (primary N) is 1. The van der Waals surface area contributed by atoms with Gasteiger partial charge in [-0.25, -0.2) is 13.1 Å². The van der Waals surface area contributed by atoms with Crippen molar-refractivity contribution in [3.8, 4) is 0 Å². The standard InChI is InChI=1S/C12H16ClN3O4S/c1-12(7-14,8-2-3-8)15-21(19,20)11-6-9(16(17)18)4-5-10(11)13/h4-6,8,15H,2-3,7,14H2,1H3. The summed E-state index contributed by atoms with van der Waals surface area (Å²) < 4.78 is 27.5. The van der Waals surface area contributed by atoms with Crippen LogP contribution in [0.5, 0.6) is 0 Å². The number of nitrogens with one attached hydrogen (secondary N) is 1. The minimum Gasteiger partial charge on any atom is -0.329 e. The lowest BCUT2D eigenvalue weighted by Gasteiger charge is -2.29. The van der Waals surface area contributed by atoms with Crippen LogP contribution in [0.4, 0.5) is 5.69 Å². The molecule has 7 nitrogen and oxygen atoms in total. The molecule has 3 N–H and O–H groups in total. The van der Waals surface area contributed by atoms with Gasteiger partial charge in [0, 0.05) is 24.2 Å². The molecule has 116 valence electrons. The molecule has 1 atom stereocenters. The molecule has 1 saturated carbocycles. The smallest absolute Gasteiger partial charge is 0.270 e. The van der Waals surface area contributed by atoms with Crippen molar-refractivity contribution in [1.82, 2.24) is 4.72 Å². The maximum Gasteiger partial charge on any atom is 0.270 e. The molecule has 21 heavy (non-hydrogen) atoms. The molecule has 1 aliphatic rings. The van der Waals surface area contributed by atoms with Crippen LogP contribution in [0.25, 0.3) is 0 Å². The van der Waals surface area contributed by atoms with Crippen molar-refractivity contribution in [1.29, 1.82) is 0 Å². The van der Waals surface area contributed by atoms with Crippen molar-refractivity contribution in [2.75, 3.05) is 6.54 Å². The van der Waals surface area contributed by atoms with Gasteiger partial charge in [-0.05, 0) is 31.7 Å². The topological polar surface area (TPSA) is 115 Å². The number of rotatable bonds is 6. The van der Waals surface area contributed by atoms with Crippen molar-refractivity contribution >= 4 is 27.3 Å². The van der Waals surface area contributed by atoms with Crippen LogP contribution in [0, 0.1) is 16.0 Å². The normalized spacial score (nSPS) is 18.2. The van der Waals surface area contributed by atoms with Gasteiger partial charge in [-0.1, -0.05) is 11.6 Å². The van der Waals surface area contributed by atoms with Gasteiger partial charge in [0.1, 0.15) is 4.90 Å². The fourth-order valence-corrected chi connectivity index (χ4v) is 4.18. The number of sulfonamides is 1. The molecule has 2 rings (SSSR count). The van der Waals surface area contributed by atoms with Gasteiger partial charge in [0.2, 0.25) is 10.0 Å². The van der Waals surface area contributed by atoms with Crippen LogP contribution in [0.1, 0.15) is 19.8 Å². The van der Waals surface area contributed by atoms with E-state index in [2.05, 4.69) is 4.72 Å². The Hall–Kier alpha value is -1.22. The number of nitro groups is 1. The number of hydrogen-bond acceptors (Lipinski definition) is 5. The Morgan fingerprint density at radius 3 is 2.62 bits per heavy atom. The van der Waals surface area contributed by atoms with E-state index in [1.165, 1.54) is 6.07 Å². The van der Waals surface area contributed by atoms with E-state index in [-0.39, 0.29) is 28.1 Å². The van der Waals surface area contributed by atoms with Gasteiger partial charge < -0.3 is 5.73 Å². The van der Waals surface area contributed by atoms with E-state index in [1.54, 1.807) is 6.92 Å². The quantitative estimate of drug-likeness (QED) is 0.606. The van der Waals surface area contributed by atoms with Crippen LogP contribution in [0.3, 0.4) is 0 Å². The highest BCUT2D eigenvalue weighted by molar-refractivity contribution is 7.89. The lowest BCUT2D eigenvalue weighted by molar-refractivity contribution is -0.385. The SMILES string of the molecule is CC(CN)(NS(=O)(=O)c1cc([N+](=O)[O-])ccc1Cl)C1CC1. The summed E-state index contributed by atoms with van der Waals surface area (Å²) in [6, 6.07) is 3.31. The van der Waals surface area contributed by atoms with E-state index >= 15 is 0 Å². The molecular weight excluding hydrogens is 318 g/mol. The highest BCUT2D eigenvalue weighted by Gasteiger charge is 2.43. The lowest BCUT2D eigenvalue weighted by atomic mass is 9.98. The zero-order chi connectivity index (χ0) is 15.8. The van der Waals surface area contributed by atoms with E-state index in [0.717, 1.165) is 25.0 Å². The monoisotopic (exact) mass is 333 g/mol. The Morgan fingerprint density at radius 1 is 1.52 bits per heavy atom. The molecule has 1 unspecified atom stereocenters. The van der Waals surface area contributed by atoms with E-state index in [9.17, 15) is 18.5 Å². The van der Waals surface area contributed by atoms with Gasteiger partial charge in [-0.15, -0.1) is 0 Å².